The van der Waals surface area contributed by atoms with Gasteiger partial charge in [0.15, 0.2) is 0 Å². The molecule has 2 heterocycles. The number of amides is 1. The van der Waals surface area contributed by atoms with E-state index in [1.807, 2.05) is 21.6 Å². The Balaban J connectivity index is 1.23. The highest BCUT2D eigenvalue weighted by Crippen LogP contribution is 2.36. The average Bonchev–Trinajstić information content (AvgIpc) is 3.35. The standard InChI is InChI=1S/C28H30F3N3O2/c1-36-25-8-4-6-19-9-10-21(17-23(19)25)27(35)33-14-11-20(12-15-33)26-32-13-16-34(26)18-22-5-2-3-7-24(22)28(29,30)31/h2-8,13,16,20-21H,9-12,14-15,17-18H2,1H3. The number of likely N-dealkylation sites (tertiary alicyclic amines) is 1. The van der Waals surface area contributed by atoms with Crippen LogP contribution in [0.5, 0.6) is 5.75 Å². The molecule has 1 saturated heterocycles. The maximum Gasteiger partial charge on any atom is 0.416 e. The lowest BCUT2D eigenvalue weighted by Crippen LogP contribution is -2.43. The van der Waals surface area contributed by atoms with Gasteiger partial charge < -0.3 is 14.2 Å². The van der Waals surface area contributed by atoms with Crippen molar-refractivity contribution in [1.29, 1.82) is 0 Å². The number of ether oxygens (including phenoxy) is 1. The number of carbonyl (C=O) groups is 1. The molecule has 2 aromatic carbocycles. The molecule has 5 rings (SSSR count). The number of rotatable bonds is 5. The molecule has 1 amide bonds. The molecule has 8 heteroatoms. The molecule has 190 valence electrons. The fraction of sp³-hybridized carbons (Fsp3) is 0.429. The van der Waals surface area contributed by atoms with Crippen LogP contribution in [0.1, 0.15) is 53.3 Å². The fourth-order valence-electron chi connectivity index (χ4n) is 5.71. The van der Waals surface area contributed by atoms with E-state index >= 15 is 0 Å². The predicted octanol–water partition coefficient (Wildman–Crippen LogP) is 5.47. The Morgan fingerprint density at radius 3 is 2.61 bits per heavy atom. The van der Waals surface area contributed by atoms with Crippen molar-refractivity contribution in [3.8, 4) is 5.75 Å². The van der Waals surface area contributed by atoms with Crippen molar-refractivity contribution in [2.75, 3.05) is 20.2 Å². The molecule has 36 heavy (non-hydrogen) atoms. The minimum atomic E-state index is -4.40. The highest BCUT2D eigenvalue weighted by molar-refractivity contribution is 5.80. The molecule has 0 spiro atoms. The quantitative estimate of drug-likeness (QED) is 0.470. The number of nitrogens with zero attached hydrogens (tertiary/aromatic N) is 3. The molecule has 1 aliphatic heterocycles. The first kappa shape index (κ1) is 24.4. The van der Waals surface area contributed by atoms with E-state index < -0.39 is 11.7 Å². The lowest BCUT2D eigenvalue weighted by atomic mass is 9.82. The molecule has 0 radical (unpaired) electrons. The molecule has 1 aliphatic carbocycles. The number of fused-ring (bicyclic) bond motifs is 1. The van der Waals surface area contributed by atoms with E-state index in [1.54, 1.807) is 25.6 Å². The van der Waals surface area contributed by atoms with Crippen molar-refractivity contribution in [2.24, 2.45) is 5.92 Å². The van der Waals surface area contributed by atoms with Gasteiger partial charge in [-0.2, -0.15) is 13.2 Å². The van der Waals surface area contributed by atoms with Crippen LogP contribution >= 0.6 is 0 Å². The highest BCUT2D eigenvalue weighted by Gasteiger charge is 2.35. The number of hydrogen-bond donors (Lipinski definition) is 0. The summed E-state index contributed by atoms with van der Waals surface area (Å²) in [6, 6.07) is 11.7. The van der Waals surface area contributed by atoms with Crippen LogP contribution in [0.4, 0.5) is 13.2 Å². The monoisotopic (exact) mass is 497 g/mol. The number of methoxy groups -OCH3 is 1. The summed E-state index contributed by atoms with van der Waals surface area (Å²) in [4.78, 5) is 19.8. The third kappa shape index (κ3) is 4.86. The zero-order valence-corrected chi connectivity index (χ0v) is 20.3. The van der Waals surface area contributed by atoms with E-state index in [2.05, 4.69) is 11.1 Å². The summed E-state index contributed by atoms with van der Waals surface area (Å²) in [6.45, 7) is 1.38. The second-order valence-corrected chi connectivity index (χ2v) is 9.71. The summed E-state index contributed by atoms with van der Waals surface area (Å²) in [5.41, 5.74) is 2.01. The number of carbonyl (C=O) groups excluding carboxylic acids is 1. The van der Waals surface area contributed by atoms with E-state index in [0.717, 1.165) is 48.9 Å². The van der Waals surface area contributed by atoms with Gasteiger partial charge in [-0.1, -0.05) is 30.3 Å². The molecule has 1 aromatic heterocycles. The van der Waals surface area contributed by atoms with E-state index in [4.69, 9.17) is 4.74 Å². The van der Waals surface area contributed by atoms with Crippen molar-refractivity contribution in [3.05, 3.63) is 82.9 Å². The van der Waals surface area contributed by atoms with Gasteiger partial charge in [0.2, 0.25) is 5.91 Å². The molecular weight excluding hydrogens is 467 g/mol. The van der Waals surface area contributed by atoms with Gasteiger partial charge in [0, 0.05) is 43.9 Å². The fourth-order valence-corrected chi connectivity index (χ4v) is 5.71. The Labute approximate surface area is 208 Å². The molecule has 5 nitrogen and oxygen atoms in total. The second kappa shape index (κ2) is 9.99. The third-order valence-electron chi connectivity index (χ3n) is 7.59. The van der Waals surface area contributed by atoms with Gasteiger partial charge in [-0.25, -0.2) is 4.98 Å². The maximum absolute atomic E-state index is 13.5. The molecule has 1 atom stereocenters. The topological polar surface area (TPSA) is 47.4 Å². The number of alkyl halides is 3. The number of hydrogen-bond acceptors (Lipinski definition) is 3. The van der Waals surface area contributed by atoms with Crippen LogP contribution in [0, 0.1) is 5.92 Å². The molecular formula is C28H30F3N3O2. The SMILES string of the molecule is COc1cccc2c1CC(C(=O)N1CCC(c3nccn3Cc3ccccc3C(F)(F)F)CC1)CC2. The molecule has 3 aromatic rings. The lowest BCUT2D eigenvalue weighted by molar-refractivity contribution is -0.138. The van der Waals surface area contributed by atoms with Crippen molar-refractivity contribution in [1.82, 2.24) is 14.5 Å². The van der Waals surface area contributed by atoms with E-state index in [9.17, 15) is 18.0 Å². The summed E-state index contributed by atoms with van der Waals surface area (Å²) in [6.07, 6.45) is 2.89. The van der Waals surface area contributed by atoms with Crippen molar-refractivity contribution in [3.63, 3.8) is 0 Å². The Kier molecular flexibility index (Phi) is 6.77. The van der Waals surface area contributed by atoms with Gasteiger partial charge >= 0.3 is 6.18 Å². The zero-order valence-electron chi connectivity index (χ0n) is 20.3. The Morgan fingerprint density at radius 1 is 1.08 bits per heavy atom. The van der Waals surface area contributed by atoms with Gasteiger partial charge in [0.05, 0.1) is 12.7 Å². The first-order chi connectivity index (χ1) is 17.3. The van der Waals surface area contributed by atoms with Crippen LogP contribution in [0.15, 0.2) is 54.9 Å². The second-order valence-electron chi connectivity index (χ2n) is 9.71. The van der Waals surface area contributed by atoms with Crippen LogP contribution in [0.2, 0.25) is 0 Å². The van der Waals surface area contributed by atoms with Crippen LogP contribution in [0.25, 0.3) is 0 Å². The average molecular weight is 498 g/mol. The normalized spacial score (nSPS) is 18.7. The molecule has 0 bridgehead atoms. The highest BCUT2D eigenvalue weighted by atomic mass is 19.4. The smallest absolute Gasteiger partial charge is 0.416 e. The van der Waals surface area contributed by atoms with Gasteiger partial charge in [-0.3, -0.25) is 4.79 Å². The number of imidazole rings is 1. The number of aryl methyl sites for hydroxylation is 1. The van der Waals surface area contributed by atoms with Crippen molar-refractivity contribution < 1.29 is 22.7 Å². The number of aromatic nitrogens is 2. The summed E-state index contributed by atoms with van der Waals surface area (Å²) in [5, 5.41) is 0. The maximum atomic E-state index is 13.5. The predicted molar refractivity (Wildman–Crippen MR) is 130 cm³/mol. The van der Waals surface area contributed by atoms with Crippen LogP contribution in [-0.2, 0) is 30.4 Å². The van der Waals surface area contributed by atoms with E-state index in [0.29, 0.717) is 19.5 Å². The zero-order chi connectivity index (χ0) is 25.3. The molecule has 0 N–H and O–H groups in total. The summed E-state index contributed by atoms with van der Waals surface area (Å²) in [5.74, 6) is 1.88. The molecule has 1 unspecified atom stereocenters. The number of halogens is 3. The third-order valence-corrected chi connectivity index (χ3v) is 7.59. The minimum absolute atomic E-state index is 0.0498. The largest absolute Gasteiger partial charge is 0.496 e. The summed E-state index contributed by atoms with van der Waals surface area (Å²) in [7, 11) is 1.66. The number of piperidine rings is 1. The summed E-state index contributed by atoms with van der Waals surface area (Å²) >= 11 is 0. The van der Waals surface area contributed by atoms with E-state index in [-0.39, 0.29) is 29.9 Å². The number of benzene rings is 2. The first-order valence-corrected chi connectivity index (χ1v) is 12.4. The van der Waals surface area contributed by atoms with Crippen LogP contribution < -0.4 is 4.74 Å². The van der Waals surface area contributed by atoms with Gasteiger partial charge in [-0.05, 0) is 60.9 Å². The van der Waals surface area contributed by atoms with Gasteiger partial charge in [-0.15, -0.1) is 0 Å². The summed E-state index contributed by atoms with van der Waals surface area (Å²) < 4.78 is 47.7. The van der Waals surface area contributed by atoms with E-state index in [1.165, 1.54) is 17.7 Å². The molecule has 1 fully saturated rings. The molecule has 2 aliphatic rings. The Morgan fingerprint density at radius 2 is 1.86 bits per heavy atom. The Bertz CT molecular complexity index is 1210. The Hall–Kier alpha value is -3.29. The van der Waals surface area contributed by atoms with Crippen molar-refractivity contribution in [2.45, 2.75) is 50.7 Å². The van der Waals surface area contributed by atoms with Gasteiger partial charge in [0.25, 0.3) is 0 Å². The first-order valence-electron chi connectivity index (χ1n) is 12.4. The van der Waals surface area contributed by atoms with Crippen molar-refractivity contribution >= 4 is 5.91 Å². The lowest BCUT2D eigenvalue weighted by Gasteiger charge is -2.35. The van der Waals surface area contributed by atoms with Gasteiger partial charge in [0.1, 0.15) is 11.6 Å². The minimum Gasteiger partial charge on any atom is -0.496 e. The molecule has 0 saturated carbocycles. The van der Waals surface area contributed by atoms with Crippen LogP contribution in [0.3, 0.4) is 0 Å². The van der Waals surface area contributed by atoms with Crippen LogP contribution in [-0.4, -0.2) is 40.6 Å².